The molecule has 0 aliphatic rings. The summed E-state index contributed by atoms with van der Waals surface area (Å²) in [7, 11) is 3.30. The second-order valence-electron chi connectivity index (χ2n) is 4.44. The number of benzene rings is 1. The third kappa shape index (κ3) is 5.25. The van der Waals surface area contributed by atoms with Gasteiger partial charge < -0.3 is 27.2 Å². The van der Waals surface area contributed by atoms with Crippen molar-refractivity contribution in [1.82, 2.24) is 10.3 Å². The first-order chi connectivity index (χ1) is 9.83. The van der Waals surface area contributed by atoms with Crippen LogP contribution in [0.2, 0.25) is 0 Å². The zero-order valence-electron chi connectivity index (χ0n) is 12.3. The lowest BCUT2D eigenvalue weighted by molar-refractivity contribution is -0.00000475. The Balaban J connectivity index is 0.00000220. The molecule has 0 fully saturated rings. The fraction of sp³-hybridized carbons (Fsp3) is 0.312. The van der Waals surface area contributed by atoms with E-state index in [1.165, 1.54) is 5.56 Å². The predicted octanol–water partition coefficient (Wildman–Crippen LogP) is -0.565. The molecule has 0 saturated heterocycles. The van der Waals surface area contributed by atoms with Crippen molar-refractivity contribution in [3.8, 4) is 11.5 Å². The maximum absolute atomic E-state index is 5.30. The van der Waals surface area contributed by atoms with E-state index in [1.807, 2.05) is 36.5 Å². The van der Waals surface area contributed by atoms with Gasteiger partial charge in [0, 0.05) is 12.7 Å². The maximum atomic E-state index is 5.30. The molecule has 114 valence electrons. The minimum atomic E-state index is 0. The number of aromatic nitrogens is 1. The predicted molar refractivity (Wildman–Crippen MR) is 79.2 cm³/mol. The molecule has 0 aliphatic carbocycles. The average molecular weight is 308 g/mol. The van der Waals surface area contributed by atoms with Gasteiger partial charge in [0.1, 0.15) is 0 Å². The van der Waals surface area contributed by atoms with Crippen LogP contribution in [-0.4, -0.2) is 25.7 Å². The lowest BCUT2D eigenvalue weighted by Gasteiger charge is -2.10. The molecular formula is C16H20ClN2O2-. The summed E-state index contributed by atoms with van der Waals surface area (Å²) < 4.78 is 10.5. The van der Waals surface area contributed by atoms with Crippen LogP contribution in [0.3, 0.4) is 0 Å². The number of halogens is 1. The lowest BCUT2D eigenvalue weighted by atomic mass is 10.1. The van der Waals surface area contributed by atoms with Gasteiger partial charge in [0.15, 0.2) is 11.5 Å². The van der Waals surface area contributed by atoms with Crippen LogP contribution in [0.4, 0.5) is 0 Å². The van der Waals surface area contributed by atoms with Crippen molar-refractivity contribution >= 4 is 0 Å². The van der Waals surface area contributed by atoms with Crippen LogP contribution in [0.25, 0.3) is 0 Å². The SMILES string of the molecule is COc1ccc(CCNCc2ccccn2)cc1OC.[Cl-]. The zero-order chi connectivity index (χ0) is 14.2. The molecule has 0 unspecified atom stereocenters. The van der Waals surface area contributed by atoms with Gasteiger partial charge >= 0.3 is 0 Å². The molecule has 0 bridgehead atoms. The number of hydrogen-bond acceptors (Lipinski definition) is 4. The van der Waals surface area contributed by atoms with Gasteiger partial charge in [-0.25, -0.2) is 0 Å². The molecule has 1 aromatic heterocycles. The molecule has 0 radical (unpaired) electrons. The number of nitrogens with zero attached hydrogens (tertiary/aromatic N) is 1. The standard InChI is InChI=1S/C16H20N2O2.ClH/c1-19-15-7-6-13(11-16(15)20-2)8-10-17-12-14-5-3-4-9-18-14;/h3-7,9,11,17H,8,10,12H2,1-2H3;1H/p-1. The summed E-state index contributed by atoms with van der Waals surface area (Å²) in [6.07, 6.45) is 2.75. The highest BCUT2D eigenvalue weighted by Gasteiger charge is 2.04. The van der Waals surface area contributed by atoms with Crippen LogP contribution in [0, 0.1) is 0 Å². The highest BCUT2D eigenvalue weighted by molar-refractivity contribution is 5.42. The third-order valence-corrected chi connectivity index (χ3v) is 3.07. The normalized spacial score (nSPS) is 9.81. The van der Waals surface area contributed by atoms with Gasteiger partial charge in [-0.3, -0.25) is 4.98 Å². The molecule has 0 amide bonds. The largest absolute Gasteiger partial charge is 1.00 e. The quantitative estimate of drug-likeness (QED) is 0.696. The topological polar surface area (TPSA) is 43.4 Å². The van der Waals surface area contributed by atoms with Crippen molar-refractivity contribution in [3.63, 3.8) is 0 Å². The zero-order valence-corrected chi connectivity index (χ0v) is 13.1. The van der Waals surface area contributed by atoms with Crippen molar-refractivity contribution in [1.29, 1.82) is 0 Å². The molecule has 0 atom stereocenters. The molecule has 0 saturated carbocycles. The number of rotatable bonds is 7. The maximum Gasteiger partial charge on any atom is 0.160 e. The van der Waals surface area contributed by atoms with E-state index in [2.05, 4.69) is 16.4 Å². The van der Waals surface area contributed by atoms with E-state index in [-0.39, 0.29) is 12.4 Å². The van der Waals surface area contributed by atoms with E-state index in [1.54, 1.807) is 14.2 Å². The Labute approximate surface area is 131 Å². The minimum Gasteiger partial charge on any atom is -1.00 e. The Morgan fingerprint density at radius 1 is 1.05 bits per heavy atom. The molecule has 2 aromatic rings. The second kappa shape index (κ2) is 9.21. The Morgan fingerprint density at radius 2 is 1.86 bits per heavy atom. The van der Waals surface area contributed by atoms with Crippen LogP contribution in [0.1, 0.15) is 11.3 Å². The van der Waals surface area contributed by atoms with E-state index >= 15 is 0 Å². The summed E-state index contributed by atoms with van der Waals surface area (Å²) in [5, 5.41) is 3.38. The average Bonchev–Trinajstić information content (AvgIpc) is 2.52. The molecule has 1 heterocycles. The summed E-state index contributed by atoms with van der Waals surface area (Å²) in [6.45, 7) is 1.68. The Bertz CT molecular complexity index is 535. The number of hydrogen-bond donors (Lipinski definition) is 1. The van der Waals surface area contributed by atoms with Crippen molar-refractivity contribution in [2.45, 2.75) is 13.0 Å². The van der Waals surface area contributed by atoms with Gasteiger partial charge in [-0.2, -0.15) is 0 Å². The van der Waals surface area contributed by atoms with Gasteiger partial charge in [-0.1, -0.05) is 12.1 Å². The van der Waals surface area contributed by atoms with Crippen molar-refractivity contribution < 1.29 is 21.9 Å². The fourth-order valence-corrected chi connectivity index (χ4v) is 1.99. The van der Waals surface area contributed by atoms with Gasteiger partial charge in [0.2, 0.25) is 0 Å². The van der Waals surface area contributed by atoms with Crippen LogP contribution < -0.4 is 27.2 Å². The third-order valence-electron chi connectivity index (χ3n) is 3.07. The van der Waals surface area contributed by atoms with Crippen LogP contribution in [0.5, 0.6) is 11.5 Å². The molecule has 4 nitrogen and oxygen atoms in total. The Kier molecular flexibility index (Phi) is 7.58. The van der Waals surface area contributed by atoms with Crippen molar-refractivity contribution in [3.05, 3.63) is 53.9 Å². The summed E-state index contributed by atoms with van der Waals surface area (Å²) in [5.74, 6) is 1.53. The van der Waals surface area contributed by atoms with E-state index in [0.717, 1.165) is 36.7 Å². The highest BCUT2D eigenvalue weighted by Crippen LogP contribution is 2.27. The van der Waals surface area contributed by atoms with Crippen LogP contribution >= 0.6 is 0 Å². The molecular weight excluding hydrogens is 288 g/mol. The van der Waals surface area contributed by atoms with E-state index < -0.39 is 0 Å². The Morgan fingerprint density at radius 3 is 2.52 bits per heavy atom. The summed E-state index contributed by atoms with van der Waals surface area (Å²) in [6, 6.07) is 12.0. The molecule has 1 N–H and O–H groups in total. The van der Waals surface area contributed by atoms with Crippen LogP contribution in [0.15, 0.2) is 42.6 Å². The number of methoxy groups -OCH3 is 2. The van der Waals surface area contributed by atoms with Gasteiger partial charge in [-0.15, -0.1) is 0 Å². The smallest absolute Gasteiger partial charge is 0.160 e. The van der Waals surface area contributed by atoms with Gasteiger partial charge in [-0.05, 0) is 42.8 Å². The first kappa shape index (κ1) is 17.3. The first-order valence-electron chi connectivity index (χ1n) is 6.65. The summed E-state index contributed by atoms with van der Waals surface area (Å²) >= 11 is 0. The fourth-order valence-electron chi connectivity index (χ4n) is 1.99. The monoisotopic (exact) mass is 307 g/mol. The molecule has 2 rings (SSSR count). The molecule has 0 aliphatic heterocycles. The van der Waals surface area contributed by atoms with Crippen LogP contribution in [-0.2, 0) is 13.0 Å². The molecule has 5 heteroatoms. The van der Waals surface area contributed by atoms with Crippen molar-refractivity contribution in [2.75, 3.05) is 20.8 Å². The highest BCUT2D eigenvalue weighted by atomic mass is 35.5. The van der Waals surface area contributed by atoms with Crippen molar-refractivity contribution in [2.24, 2.45) is 0 Å². The first-order valence-corrected chi connectivity index (χ1v) is 6.65. The van der Waals surface area contributed by atoms with Gasteiger partial charge in [0.05, 0.1) is 19.9 Å². The number of ether oxygens (including phenoxy) is 2. The number of nitrogens with one attached hydrogen (secondary N) is 1. The lowest BCUT2D eigenvalue weighted by Crippen LogP contribution is -3.00. The summed E-state index contributed by atoms with van der Waals surface area (Å²) in [5.41, 5.74) is 2.27. The van der Waals surface area contributed by atoms with E-state index in [9.17, 15) is 0 Å². The second-order valence-corrected chi connectivity index (χ2v) is 4.44. The van der Waals surface area contributed by atoms with E-state index in [0.29, 0.717) is 0 Å². The molecule has 1 aromatic carbocycles. The molecule has 0 spiro atoms. The number of pyridine rings is 1. The van der Waals surface area contributed by atoms with E-state index in [4.69, 9.17) is 9.47 Å². The van der Waals surface area contributed by atoms with Gasteiger partial charge in [0.25, 0.3) is 0 Å². The minimum absolute atomic E-state index is 0. The summed E-state index contributed by atoms with van der Waals surface area (Å²) in [4.78, 5) is 4.27. The Hall–Kier alpha value is -1.78. The molecule has 21 heavy (non-hydrogen) atoms.